The number of hydrogen-bond donors (Lipinski definition) is 1. The van der Waals surface area contributed by atoms with E-state index in [9.17, 15) is 4.79 Å². The van der Waals surface area contributed by atoms with Gasteiger partial charge in [-0.15, -0.1) is 0 Å². The van der Waals surface area contributed by atoms with Crippen LogP contribution in [0.5, 0.6) is 0 Å². The maximum absolute atomic E-state index is 11.3. The minimum atomic E-state index is -0.253. The van der Waals surface area contributed by atoms with Gasteiger partial charge < -0.3 is 10.5 Å². The van der Waals surface area contributed by atoms with Crippen LogP contribution in [0.4, 0.5) is 0 Å². The zero-order chi connectivity index (χ0) is 14.6. The number of hydrogen-bond acceptors (Lipinski definition) is 3. The lowest BCUT2D eigenvalue weighted by atomic mass is 10.0. The third kappa shape index (κ3) is 9.66. The molecule has 0 spiro atoms. The summed E-state index contributed by atoms with van der Waals surface area (Å²) in [6.07, 6.45) is 3.40. The quantitative estimate of drug-likeness (QED) is 0.460. The van der Waals surface area contributed by atoms with Gasteiger partial charge in [0.15, 0.2) is 0 Å². The lowest BCUT2D eigenvalue weighted by Crippen LogP contribution is -2.21. The molecular weight excluding hydrogens is 294 g/mol. The van der Waals surface area contributed by atoms with Gasteiger partial charge >= 0.3 is 5.97 Å². The van der Waals surface area contributed by atoms with Crippen LogP contribution < -0.4 is 5.73 Å². The molecule has 18 heavy (non-hydrogen) atoms. The molecule has 4 heteroatoms. The van der Waals surface area contributed by atoms with Gasteiger partial charge in [0, 0.05) is 16.9 Å². The minimum absolute atomic E-state index is 0.0746. The Hall–Kier alpha value is -0.350. The average Bonchev–Trinajstić information content (AvgIpc) is 2.31. The smallest absolute Gasteiger partial charge is 0.333 e. The molecule has 0 heterocycles. The molecule has 0 aromatic heterocycles. The fourth-order valence-electron chi connectivity index (χ4n) is 1.43. The molecule has 0 aliphatic rings. The van der Waals surface area contributed by atoms with Gasteiger partial charge in [-0.3, -0.25) is 0 Å². The van der Waals surface area contributed by atoms with E-state index < -0.39 is 0 Å². The number of rotatable bonds is 6. The van der Waals surface area contributed by atoms with E-state index in [0.717, 1.165) is 17.3 Å². The third-order valence-corrected chi connectivity index (χ3v) is 3.04. The summed E-state index contributed by atoms with van der Waals surface area (Å²) in [7, 11) is 0. The van der Waals surface area contributed by atoms with Gasteiger partial charge in [-0.25, -0.2) is 4.79 Å². The first-order valence-corrected chi connectivity index (χ1v) is 7.76. The molecule has 3 nitrogen and oxygen atoms in total. The summed E-state index contributed by atoms with van der Waals surface area (Å²) in [6, 6.07) is -0.0746. The first kappa shape index (κ1) is 20.0. The maximum atomic E-state index is 11.3. The molecule has 1 atom stereocenters. The van der Waals surface area contributed by atoms with Crippen LogP contribution in [0.2, 0.25) is 0 Å². The minimum Gasteiger partial charge on any atom is -0.463 e. The Morgan fingerprint density at radius 3 is 2.11 bits per heavy atom. The van der Waals surface area contributed by atoms with Gasteiger partial charge in [-0.1, -0.05) is 36.2 Å². The van der Waals surface area contributed by atoms with Crippen LogP contribution in [0.1, 0.15) is 53.9 Å². The molecule has 1 unspecified atom stereocenters. The van der Waals surface area contributed by atoms with Crippen molar-refractivity contribution in [2.24, 2.45) is 5.73 Å². The lowest BCUT2D eigenvalue weighted by Gasteiger charge is -2.12. The second kappa shape index (κ2) is 13.1. The van der Waals surface area contributed by atoms with Crippen molar-refractivity contribution in [1.29, 1.82) is 0 Å². The van der Waals surface area contributed by atoms with Crippen LogP contribution in [0.3, 0.4) is 0 Å². The van der Waals surface area contributed by atoms with E-state index in [1.807, 2.05) is 13.8 Å². The number of ether oxygens (including phenoxy) is 1. The van der Waals surface area contributed by atoms with E-state index in [2.05, 4.69) is 22.9 Å². The van der Waals surface area contributed by atoms with Crippen LogP contribution in [-0.2, 0) is 9.53 Å². The molecule has 0 bridgehead atoms. The van der Waals surface area contributed by atoms with Crippen molar-refractivity contribution in [2.75, 3.05) is 11.9 Å². The normalized spacial score (nSPS) is 13.1. The Labute approximate surface area is 120 Å². The third-order valence-electron chi connectivity index (χ3n) is 2.48. The molecular formula is C14H28BrNO2. The van der Waals surface area contributed by atoms with Crippen molar-refractivity contribution >= 4 is 21.9 Å². The highest BCUT2D eigenvalue weighted by Crippen LogP contribution is 2.12. The van der Waals surface area contributed by atoms with Crippen molar-refractivity contribution in [1.82, 2.24) is 0 Å². The standard InChI is InChI=1S/C10H19NO2.C4H9Br/c1-5-9(8(4)11)7(3)10(12)13-6-2;1-2-3-4-5/h8H,5-6,11H2,1-4H3;2-4H2,1H3. The van der Waals surface area contributed by atoms with Crippen molar-refractivity contribution < 1.29 is 9.53 Å². The number of unbranched alkanes of at least 4 members (excludes halogenated alkanes) is 1. The zero-order valence-corrected chi connectivity index (χ0v) is 14.0. The fraction of sp³-hybridized carbons (Fsp3) is 0.786. The average molecular weight is 322 g/mol. The van der Waals surface area contributed by atoms with E-state index in [1.54, 1.807) is 13.8 Å². The molecule has 2 N–H and O–H groups in total. The van der Waals surface area contributed by atoms with Gasteiger partial charge in [0.1, 0.15) is 0 Å². The first-order chi connectivity index (χ1) is 8.45. The van der Waals surface area contributed by atoms with E-state index in [-0.39, 0.29) is 12.0 Å². The predicted octanol–water partition coefficient (Wildman–Crippen LogP) is 3.80. The fourth-order valence-corrected chi connectivity index (χ4v) is 1.99. The Kier molecular flexibility index (Phi) is 14.5. The summed E-state index contributed by atoms with van der Waals surface area (Å²) < 4.78 is 4.88. The van der Waals surface area contributed by atoms with Crippen LogP contribution in [0.25, 0.3) is 0 Å². The van der Waals surface area contributed by atoms with Crippen LogP contribution in [0, 0.1) is 0 Å². The zero-order valence-electron chi connectivity index (χ0n) is 12.4. The molecule has 0 fully saturated rings. The number of carbonyl (C=O) groups excluding carboxylic acids is 1. The number of esters is 1. The molecule has 0 saturated carbocycles. The van der Waals surface area contributed by atoms with E-state index in [1.165, 1.54) is 12.8 Å². The summed E-state index contributed by atoms with van der Waals surface area (Å²) in [6.45, 7) is 10.0. The van der Waals surface area contributed by atoms with Crippen molar-refractivity contribution in [3.63, 3.8) is 0 Å². The lowest BCUT2D eigenvalue weighted by molar-refractivity contribution is -0.138. The number of alkyl halides is 1. The van der Waals surface area contributed by atoms with Crippen molar-refractivity contribution in [2.45, 2.75) is 59.9 Å². The Morgan fingerprint density at radius 1 is 1.33 bits per heavy atom. The molecule has 0 aromatic rings. The van der Waals surface area contributed by atoms with Gasteiger partial charge in [-0.05, 0) is 39.2 Å². The molecule has 0 aromatic carbocycles. The van der Waals surface area contributed by atoms with Gasteiger partial charge in [0.05, 0.1) is 6.61 Å². The molecule has 108 valence electrons. The largest absolute Gasteiger partial charge is 0.463 e. The van der Waals surface area contributed by atoms with E-state index in [0.29, 0.717) is 12.2 Å². The summed E-state index contributed by atoms with van der Waals surface area (Å²) in [5, 5.41) is 1.16. The molecule has 0 aliphatic carbocycles. The Bertz CT molecular complexity index is 248. The van der Waals surface area contributed by atoms with E-state index >= 15 is 0 Å². The van der Waals surface area contributed by atoms with Gasteiger partial charge in [-0.2, -0.15) is 0 Å². The predicted molar refractivity (Wildman–Crippen MR) is 82.0 cm³/mol. The van der Waals surface area contributed by atoms with Crippen LogP contribution in [0.15, 0.2) is 11.1 Å². The van der Waals surface area contributed by atoms with Crippen molar-refractivity contribution in [3.05, 3.63) is 11.1 Å². The van der Waals surface area contributed by atoms with Gasteiger partial charge in [0.2, 0.25) is 0 Å². The maximum Gasteiger partial charge on any atom is 0.333 e. The molecule has 0 saturated heterocycles. The number of nitrogens with two attached hydrogens (primary N) is 1. The highest BCUT2D eigenvalue weighted by Gasteiger charge is 2.12. The summed E-state index contributed by atoms with van der Waals surface area (Å²) in [5.41, 5.74) is 7.34. The monoisotopic (exact) mass is 321 g/mol. The SMILES string of the molecule is CCCCBr.CCOC(=O)C(C)=C(CC)C(C)N. The second-order valence-corrected chi connectivity index (χ2v) is 4.85. The summed E-state index contributed by atoms with van der Waals surface area (Å²) >= 11 is 3.31. The summed E-state index contributed by atoms with van der Waals surface area (Å²) in [5.74, 6) is -0.253. The Balaban J connectivity index is 0. The Morgan fingerprint density at radius 2 is 1.89 bits per heavy atom. The molecule has 0 radical (unpaired) electrons. The highest BCUT2D eigenvalue weighted by atomic mass is 79.9. The molecule has 0 aliphatic heterocycles. The number of carbonyl (C=O) groups is 1. The highest BCUT2D eigenvalue weighted by molar-refractivity contribution is 9.09. The summed E-state index contributed by atoms with van der Waals surface area (Å²) in [4.78, 5) is 11.3. The number of halogens is 1. The molecule has 0 rings (SSSR count). The van der Waals surface area contributed by atoms with Crippen LogP contribution >= 0.6 is 15.9 Å². The van der Waals surface area contributed by atoms with Gasteiger partial charge in [0.25, 0.3) is 0 Å². The van der Waals surface area contributed by atoms with Crippen molar-refractivity contribution in [3.8, 4) is 0 Å². The topological polar surface area (TPSA) is 52.3 Å². The van der Waals surface area contributed by atoms with Crippen LogP contribution in [-0.4, -0.2) is 23.9 Å². The molecule has 0 amide bonds. The first-order valence-electron chi connectivity index (χ1n) is 6.64. The van der Waals surface area contributed by atoms with E-state index in [4.69, 9.17) is 10.5 Å². The second-order valence-electron chi connectivity index (χ2n) is 4.06.